The zero-order valence-electron chi connectivity index (χ0n) is 15.5. The van der Waals surface area contributed by atoms with Crippen LogP contribution in [0.1, 0.15) is 13.8 Å². The molecular weight excluding hydrogens is 332 g/mol. The Morgan fingerprint density at radius 3 is 2.73 bits per heavy atom. The van der Waals surface area contributed by atoms with Crippen LogP contribution in [0.5, 0.6) is 17.2 Å². The molecule has 7 nitrogen and oxygen atoms in total. The van der Waals surface area contributed by atoms with Crippen molar-refractivity contribution in [3.8, 4) is 17.2 Å². The van der Waals surface area contributed by atoms with E-state index in [0.29, 0.717) is 37.2 Å². The smallest absolute Gasteiger partial charge is 0.195 e. The number of aromatic nitrogens is 1. The minimum absolute atomic E-state index is 0.467. The number of hydrogen-bond donors (Lipinski definition) is 2. The largest absolute Gasteiger partial charge is 0.493 e. The molecule has 2 rings (SSSR count). The SMILES string of the molecule is CCNC(=NCCOc1cccnc1)Nc1ccc(OC)c(OCC)c1. The molecule has 0 fully saturated rings. The predicted octanol–water partition coefficient (Wildman–Crippen LogP) is 2.95. The Bertz CT molecular complexity index is 692. The molecule has 0 radical (unpaired) electrons. The maximum absolute atomic E-state index is 5.61. The number of nitrogens with one attached hydrogen (secondary N) is 2. The van der Waals surface area contributed by atoms with Crippen molar-refractivity contribution in [2.24, 2.45) is 4.99 Å². The first kappa shape index (κ1) is 19.4. The summed E-state index contributed by atoms with van der Waals surface area (Å²) in [6.07, 6.45) is 3.39. The van der Waals surface area contributed by atoms with Crippen LogP contribution in [0.25, 0.3) is 0 Å². The minimum atomic E-state index is 0.467. The van der Waals surface area contributed by atoms with Crippen LogP contribution in [0.15, 0.2) is 47.7 Å². The van der Waals surface area contributed by atoms with E-state index in [1.54, 1.807) is 19.5 Å². The number of guanidine groups is 1. The first-order valence-electron chi connectivity index (χ1n) is 8.65. The quantitative estimate of drug-likeness (QED) is 0.408. The Kier molecular flexibility index (Phi) is 8.05. The standard InChI is InChI=1S/C19H26N4O3/c1-4-21-19(22-11-12-26-16-7-6-10-20-14-16)23-15-8-9-17(24-3)18(13-15)25-5-2/h6-10,13-14H,4-5,11-12H2,1-3H3,(H2,21,22,23). The van der Waals surface area contributed by atoms with Crippen molar-refractivity contribution in [1.29, 1.82) is 0 Å². The second kappa shape index (κ2) is 10.8. The van der Waals surface area contributed by atoms with Gasteiger partial charge in [0.25, 0.3) is 0 Å². The maximum Gasteiger partial charge on any atom is 0.195 e. The van der Waals surface area contributed by atoms with Crippen LogP contribution < -0.4 is 24.8 Å². The Balaban J connectivity index is 1.97. The van der Waals surface area contributed by atoms with Crippen molar-refractivity contribution in [3.05, 3.63) is 42.7 Å². The number of anilines is 1. The van der Waals surface area contributed by atoms with Crippen LogP contribution in [0, 0.1) is 0 Å². The average Bonchev–Trinajstić information content (AvgIpc) is 2.67. The second-order valence-corrected chi connectivity index (χ2v) is 5.22. The highest BCUT2D eigenvalue weighted by Crippen LogP contribution is 2.30. The van der Waals surface area contributed by atoms with Crippen LogP contribution in [0.2, 0.25) is 0 Å². The number of ether oxygens (including phenoxy) is 3. The van der Waals surface area contributed by atoms with Gasteiger partial charge in [0, 0.05) is 24.5 Å². The van der Waals surface area contributed by atoms with E-state index in [9.17, 15) is 0 Å². The summed E-state index contributed by atoms with van der Waals surface area (Å²) < 4.78 is 16.5. The zero-order chi connectivity index (χ0) is 18.6. The van der Waals surface area contributed by atoms with Gasteiger partial charge in [0.05, 0.1) is 26.5 Å². The first-order valence-corrected chi connectivity index (χ1v) is 8.65. The lowest BCUT2D eigenvalue weighted by molar-refractivity contribution is 0.311. The van der Waals surface area contributed by atoms with Gasteiger partial charge in [-0.1, -0.05) is 0 Å². The lowest BCUT2D eigenvalue weighted by Crippen LogP contribution is -2.31. The summed E-state index contributed by atoms with van der Waals surface area (Å²) in [5.41, 5.74) is 0.863. The van der Waals surface area contributed by atoms with Crippen LogP contribution >= 0.6 is 0 Å². The Hall–Kier alpha value is -2.96. The number of aliphatic imine (C=N–C) groups is 1. The summed E-state index contributed by atoms with van der Waals surface area (Å²) in [5, 5.41) is 6.47. The topological polar surface area (TPSA) is 77.0 Å². The summed E-state index contributed by atoms with van der Waals surface area (Å²) in [6, 6.07) is 9.38. The summed E-state index contributed by atoms with van der Waals surface area (Å²) in [5.74, 6) is 2.80. The van der Waals surface area contributed by atoms with Gasteiger partial charge in [-0.2, -0.15) is 0 Å². The van der Waals surface area contributed by atoms with Crippen LogP contribution in [0.3, 0.4) is 0 Å². The molecule has 1 heterocycles. The van der Waals surface area contributed by atoms with Crippen molar-refractivity contribution in [2.75, 3.05) is 38.7 Å². The number of nitrogens with zero attached hydrogens (tertiary/aromatic N) is 2. The Morgan fingerprint density at radius 1 is 1.15 bits per heavy atom. The van der Waals surface area contributed by atoms with E-state index in [2.05, 4.69) is 20.6 Å². The fraction of sp³-hybridized carbons (Fsp3) is 0.368. The van der Waals surface area contributed by atoms with Crippen LogP contribution in [0.4, 0.5) is 5.69 Å². The number of benzene rings is 1. The molecule has 2 N–H and O–H groups in total. The van der Waals surface area contributed by atoms with E-state index in [4.69, 9.17) is 14.2 Å². The molecule has 0 saturated carbocycles. The second-order valence-electron chi connectivity index (χ2n) is 5.22. The van der Waals surface area contributed by atoms with Gasteiger partial charge in [0.1, 0.15) is 12.4 Å². The zero-order valence-corrected chi connectivity index (χ0v) is 15.5. The number of pyridine rings is 1. The average molecular weight is 358 g/mol. The number of methoxy groups -OCH3 is 1. The van der Waals surface area contributed by atoms with Crippen molar-refractivity contribution in [1.82, 2.24) is 10.3 Å². The van der Waals surface area contributed by atoms with E-state index in [0.717, 1.165) is 18.0 Å². The number of hydrogen-bond acceptors (Lipinski definition) is 5. The molecule has 0 saturated heterocycles. The number of rotatable bonds is 9. The molecule has 0 bridgehead atoms. The Labute approximate surface area is 154 Å². The van der Waals surface area contributed by atoms with Crippen LogP contribution in [-0.4, -0.2) is 44.4 Å². The highest BCUT2D eigenvalue weighted by Gasteiger charge is 2.07. The summed E-state index contributed by atoms with van der Waals surface area (Å²) in [6.45, 7) is 6.26. The molecule has 26 heavy (non-hydrogen) atoms. The van der Waals surface area contributed by atoms with Gasteiger partial charge in [0.2, 0.25) is 0 Å². The van der Waals surface area contributed by atoms with Crippen molar-refractivity contribution in [3.63, 3.8) is 0 Å². The monoisotopic (exact) mass is 358 g/mol. The van der Waals surface area contributed by atoms with Gasteiger partial charge in [-0.25, -0.2) is 4.99 Å². The molecule has 0 unspecified atom stereocenters. The minimum Gasteiger partial charge on any atom is -0.493 e. The van der Waals surface area contributed by atoms with Crippen molar-refractivity contribution in [2.45, 2.75) is 13.8 Å². The van der Waals surface area contributed by atoms with Gasteiger partial charge in [-0.3, -0.25) is 4.98 Å². The van der Waals surface area contributed by atoms with E-state index >= 15 is 0 Å². The van der Waals surface area contributed by atoms with Gasteiger partial charge in [-0.05, 0) is 38.1 Å². The van der Waals surface area contributed by atoms with E-state index in [1.807, 2.05) is 44.2 Å². The third-order valence-electron chi connectivity index (χ3n) is 3.33. The molecule has 1 aromatic heterocycles. The summed E-state index contributed by atoms with van der Waals surface area (Å²) in [7, 11) is 1.62. The fourth-order valence-corrected chi connectivity index (χ4v) is 2.22. The normalized spacial score (nSPS) is 11.0. The fourth-order valence-electron chi connectivity index (χ4n) is 2.22. The third kappa shape index (κ3) is 6.16. The van der Waals surface area contributed by atoms with Crippen LogP contribution in [-0.2, 0) is 0 Å². The molecule has 0 atom stereocenters. The molecule has 1 aromatic carbocycles. The van der Waals surface area contributed by atoms with Gasteiger partial charge in [0.15, 0.2) is 17.5 Å². The van der Waals surface area contributed by atoms with Gasteiger partial charge >= 0.3 is 0 Å². The first-order chi connectivity index (χ1) is 12.8. The summed E-state index contributed by atoms with van der Waals surface area (Å²) in [4.78, 5) is 8.53. The molecule has 2 aromatic rings. The highest BCUT2D eigenvalue weighted by molar-refractivity contribution is 5.93. The molecule has 0 aliphatic rings. The maximum atomic E-state index is 5.61. The molecule has 0 aliphatic carbocycles. The Morgan fingerprint density at radius 2 is 2.04 bits per heavy atom. The third-order valence-corrected chi connectivity index (χ3v) is 3.33. The molecule has 0 aliphatic heterocycles. The van der Waals surface area contributed by atoms with Gasteiger partial charge < -0.3 is 24.8 Å². The molecular formula is C19H26N4O3. The molecule has 140 valence electrons. The summed E-state index contributed by atoms with van der Waals surface area (Å²) >= 11 is 0. The van der Waals surface area contributed by atoms with Crippen molar-refractivity contribution >= 4 is 11.6 Å². The lowest BCUT2D eigenvalue weighted by atomic mass is 10.2. The predicted molar refractivity (Wildman–Crippen MR) is 103 cm³/mol. The molecule has 0 spiro atoms. The lowest BCUT2D eigenvalue weighted by Gasteiger charge is -2.14. The van der Waals surface area contributed by atoms with E-state index in [-0.39, 0.29) is 0 Å². The van der Waals surface area contributed by atoms with Crippen molar-refractivity contribution < 1.29 is 14.2 Å². The van der Waals surface area contributed by atoms with Gasteiger partial charge in [-0.15, -0.1) is 0 Å². The van der Waals surface area contributed by atoms with E-state index < -0.39 is 0 Å². The van der Waals surface area contributed by atoms with E-state index in [1.165, 1.54) is 0 Å². The molecule has 0 amide bonds. The molecule has 7 heteroatoms. The highest BCUT2D eigenvalue weighted by atomic mass is 16.5.